The molecule has 0 heterocycles. The largest absolute Gasteiger partial charge is 0.478 e. The molecule has 0 fully saturated rings. The minimum Gasteiger partial charge on any atom is -0.478 e. The molecule has 0 saturated carbocycles. The van der Waals surface area contributed by atoms with Crippen LogP contribution in [-0.2, 0) is 0 Å². The summed E-state index contributed by atoms with van der Waals surface area (Å²) in [7, 11) is 0. The summed E-state index contributed by atoms with van der Waals surface area (Å²) in [6, 6.07) is 11.7. The van der Waals surface area contributed by atoms with Crippen LogP contribution in [0.3, 0.4) is 0 Å². The summed E-state index contributed by atoms with van der Waals surface area (Å²) in [5.41, 5.74) is 3.71. The van der Waals surface area contributed by atoms with Crippen LogP contribution in [0.25, 0.3) is 0 Å². The summed E-state index contributed by atoms with van der Waals surface area (Å²) in [4.78, 5) is 13.2. The standard InChI is InChI=1S/C16H16O2S/c1-10-4-6-14(12(3)8-10)19-15-7-5-11(2)9-13(15)16(17)18/h4-9H,1-3H3,(H,17,18). The Morgan fingerprint density at radius 1 is 0.947 bits per heavy atom. The fraction of sp³-hybridized carbons (Fsp3) is 0.188. The topological polar surface area (TPSA) is 37.3 Å². The molecule has 0 bridgehead atoms. The third-order valence-electron chi connectivity index (χ3n) is 2.92. The number of benzene rings is 2. The lowest BCUT2D eigenvalue weighted by Gasteiger charge is -2.09. The molecule has 0 spiro atoms. The second-order valence-electron chi connectivity index (χ2n) is 4.68. The molecule has 0 aliphatic carbocycles. The van der Waals surface area contributed by atoms with Crippen LogP contribution < -0.4 is 0 Å². The van der Waals surface area contributed by atoms with Crippen LogP contribution >= 0.6 is 11.8 Å². The molecule has 0 amide bonds. The van der Waals surface area contributed by atoms with Crippen LogP contribution in [0.2, 0.25) is 0 Å². The predicted octanol–water partition coefficient (Wildman–Crippen LogP) is 4.46. The molecule has 1 N–H and O–H groups in total. The van der Waals surface area contributed by atoms with E-state index in [1.807, 2.05) is 38.1 Å². The van der Waals surface area contributed by atoms with Gasteiger partial charge in [-0.15, -0.1) is 0 Å². The molecular weight excluding hydrogens is 256 g/mol. The zero-order valence-corrected chi connectivity index (χ0v) is 12.0. The van der Waals surface area contributed by atoms with Gasteiger partial charge in [-0.2, -0.15) is 0 Å². The van der Waals surface area contributed by atoms with Gasteiger partial charge in [0.25, 0.3) is 0 Å². The number of hydrogen-bond donors (Lipinski definition) is 1. The van der Waals surface area contributed by atoms with Crippen molar-refractivity contribution in [2.24, 2.45) is 0 Å². The molecule has 2 aromatic carbocycles. The van der Waals surface area contributed by atoms with Gasteiger partial charge in [0.05, 0.1) is 5.56 Å². The monoisotopic (exact) mass is 272 g/mol. The van der Waals surface area contributed by atoms with Crippen molar-refractivity contribution in [1.29, 1.82) is 0 Å². The second-order valence-corrected chi connectivity index (χ2v) is 5.76. The van der Waals surface area contributed by atoms with E-state index < -0.39 is 5.97 Å². The van der Waals surface area contributed by atoms with E-state index in [-0.39, 0.29) is 0 Å². The predicted molar refractivity (Wildman–Crippen MR) is 78.2 cm³/mol. The number of hydrogen-bond acceptors (Lipinski definition) is 2. The van der Waals surface area contributed by atoms with Crippen molar-refractivity contribution < 1.29 is 9.90 Å². The molecular formula is C16H16O2S. The minimum atomic E-state index is -0.879. The normalized spacial score (nSPS) is 10.5. The van der Waals surface area contributed by atoms with Gasteiger partial charge in [0, 0.05) is 9.79 Å². The van der Waals surface area contributed by atoms with Gasteiger partial charge in [-0.05, 0) is 44.5 Å². The first-order chi connectivity index (χ1) is 8.97. The first-order valence-electron chi connectivity index (χ1n) is 6.06. The fourth-order valence-corrected chi connectivity index (χ4v) is 2.92. The average molecular weight is 272 g/mol. The molecule has 19 heavy (non-hydrogen) atoms. The van der Waals surface area contributed by atoms with E-state index in [9.17, 15) is 9.90 Å². The average Bonchev–Trinajstić information content (AvgIpc) is 2.34. The van der Waals surface area contributed by atoms with Gasteiger partial charge < -0.3 is 5.11 Å². The Kier molecular flexibility index (Phi) is 3.96. The molecule has 2 aromatic rings. The highest BCUT2D eigenvalue weighted by molar-refractivity contribution is 7.99. The molecule has 0 aliphatic rings. The number of carboxylic acids is 1. The van der Waals surface area contributed by atoms with E-state index >= 15 is 0 Å². The Hall–Kier alpha value is -1.74. The van der Waals surface area contributed by atoms with Gasteiger partial charge in [0.2, 0.25) is 0 Å². The summed E-state index contributed by atoms with van der Waals surface area (Å²) >= 11 is 1.51. The second kappa shape index (κ2) is 5.49. The molecule has 0 unspecified atom stereocenters. The van der Waals surface area contributed by atoms with Crippen LogP contribution in [-0.4, -0.2) is 11.1 Å². The van der Waals surface area contributed by atoms with Crippen molar-refractivity contribution in [3.8, 4) is 0 Å². The van der Waals surface area contributed by atoms with Gasteiger partial charge >= 0.3 is 5.97 Å². The van der Waals surface area contributed by atoms with Crippen LogP contribution in [0.4, 0.5) is 0 Å². The fourth-order valence-electron chi connectivity index (χ4n) is 1.93. The van der Waals surface area contributed by atoms with Crippen molar-refractivity contribution in [3.05, 3.63) is 58.7 Å². The molecule has 0 aliphatic heterocycles. The number of aromatic carboxylic acids is 1. The Balaban J connectivity index is 2.40. The SMILES string of the molecule is Cc1ccc(Sc2ccc(C)cc2C(=O)O)c(C)c1. The molecule has 0 aromatic heterocycles. The zero-order valence-electron chi connectivity index (χ0n) is 11.2. The Bertz CT molecular complexity index is 633. The van der Waals surface area contributed by atoms with Crippen LogP contribution in [0, 0.1) is 20.8 Å². The molecule has 0 saturated heterocycles. The van der Waals surface area contributed by atoms with Crippen molar-refractivity contribution in [3.63, 3.8) is 0 Å². The van der Waals surface area contributed by atoms with E-state index in [4.69, 9.17) is 0 Å². The summed E-state index contributed by atoms with van der Waals surface area (Å²) < 4.78 is 0. The third kappa shape index (κ3) is 3.18. The minimum absolute atomic E-state index is 0.366. The summed E-state index contributed by atoms with van der Waals surface area (Å²) in [5.74, 6) is -0.879. The first-order valence-corrected chi connectivity index (χ1v) is 6.88. The van der Waals surface area contributed by atoms with Gasteiger partial charge in [0.15, 0.2) is 0 Å². The van der Waals surface area contributed by atoms with Gasteiger partial charge in [-0.25, -0.2) is 4.79 Å². The Labute approximate surface area is 117 Å². The molecule has 0 radical (unpaired) electrons. The Morgan fingerprint density at radius 3 is 2.11 bits per heavy atom. The smallest absolute Gasteiger partial charge is 0.336 e. The molecule has 98 valence electrons. The third-order valence-corrected chi connectivity index (χ3v) is 4.17. The first kappa shape index (κ1) is 13.7. The van der Waals surface area contributed by atoms with Crippen molar-refractivity contribution in [1.82, 2.24) is 0 Å². The molecule has 2 nitrogen and oxygen atoms in total. The highest BCUT2D eigenvalue weighted by atomic mass is 32.2. The highest BCUT2D eigenvalue weighted by Crippen LogP contribution is 2.33. The number of carbonyl (C=O) groups is 1. The lowest BCUT2D eigenvalue weighted by molar-refractivity contribution is 0.0693. The van der Waals surface area contributed by atoms with Gasteiger partial charge in [-0.3, -0.25) is 0 Å². The van der Waals surface area contributed by atoms with E-state index in [0.717, 1.165) is 15.4 Å². The molecule has 0 atom stereocenters. The van der Waals surface area contributed by atoms with E-state index in [2.05, 4.69) is 13.0 Å². The highest BCUT2D eigenvalue weighted by Gasteiger charge is 2.12. The van der Waals surface area contributed by atoms with Crippen molar-refractivity contribution >= 4 is 17.7 Å². The zero-order chi connectivity index (χ0) is 14.0. The van der Waals surface area contributed by atoms with Crippen LogP contribution in [0.5, 0.6) is 0 Å². The van der Waals surface area contributed by atoms with Gasteiger partial charge in [-0.1, -0.05) is 41.1 Å². The van der Waals surface area contributed by atoms with E-state index in [0.29, 0.717) is 5.56 Å². The number of carboxylic acid groups (broad SMARTS) is 1. The van der Waals surface area contributed by atoms with Crippen molar-refractivity contribution in [2.45, 2.75) is 30.6 Å². The number of aryl methyl sites for hydroxylation is 3. The summed E-state index contributed by atoms with van der Waals surface area (Å²) in [6.45, 7) is 6.00. The van der Waals surface area contributed by atoms with E-state index in [1.165, 1.54) is 22.9 Å². The van der Waals surface area contributed by atoms with E-state index in [1.54, 1.807) is 6.07 Å². The molecule has 2 rings (SSSR count). The summed E-state index contributed by atoms with van der Waals surface area (Å²) in [5, 5.41) is 9.27. The van der Waals surface area contributed by atoms with Crippen molar-refractivity contribution in [2.75, 3.05) is 0 Å². The summed E-state index contributed by atoms with van der Waals surface area (Å²) in [6.07, 6.45) is 0. The number of rotatable bonds is 3. The quantitative estimate of drug-likeness (QED) is 0.896. The lowest BCUT2D eigenvalue weighted by Crippen LogP contribution is -1.99. The maximum atomic E-state index is 11.3. The van der Waals surface area contributed by atoms with Gasteiger partial charge in [0.1, 0.15) is 0 Å². The maximum Gasteiger partial charge on any atom is 0.336 e. The van der Waals surface area contributed by atoms with Crippen LogP contribution in [0.1, 0.15) is 27.0 Å². The Morgan fingerprint density at radius 2 is 1.53 bits per heavy atom. The maximum absolute atomic E-state index is 11.3. The van der Waals surface area contributed by atoms with Crippen LogP contribution in [0.15, 0.2) is 46.2 Å². The molecule has 3 heteroatoms. The lowest BCUT2D eigenvalue weighted by atomic mass is 10.1.